The summed E-state index contributed by atoms with van der Waals surface area (Å²) in [6, 6.07) is 12.9. The van der Waals surface area contributed by atoms with Crippen LogP contribution in [0.4, 0.5) is 5.82 Å². The Balaban J connectivity index is 1.54. The number of anilines is 1. The Kier molecular flexibility index (Phi) is 4.41. The average Bonchev–Trinajstić information content (AvgIpc) is 3.19. The van der Waals surface area contributed by atoms with E-state index in [1.165, 1.54) is 18.2 Å². The van der Waals surface area contributed by atoms with Gasteiger partial charge in [-0.05, 0) is 43.1 Å². The first-order chi connectivity index (χ1) is 12.6. The first-order valence-electron chi connectivity index (χ1n) is 9.13. The smallest absolute Gasteiger partial charge is 0.339 e. The van der Waals surface area contributed by atoms with Crippen LogP contribution < -0.4 is 4.90 Å². The van der Waals surface area contributed by atoms with Gasteiger partial charge in [0.15, 0.2) is 0 Å². The topological polar surface area (TPSA) is 45.7 Å². The largest absolute Gasteiger partial charge is 0.465 e. The van der Waals surface area contributed by atoms with Crippen molar-refractivity contribution in [1.29, 1.82) is 0 Å². The van der Waals surface area contributed by atoms with E-state index in [4.69, 9.17) is 4.74 Å². The molecule has 3 heterocycles. The summed E-state index contributed by atoms with van der Waals surface area (Å²) in [4.78, 5) is 21.0. The maximum atomic E-state index is 11.6. The fourth-order valence-corrected chi connectivity index (χ4v) is 4.64. The highest BCUT2D eigenvalue weighted by Crippen LogP contribution is 2.45. The SMILES string of the molecule is COC(=O)c1ccc(N2C[C@@H]3CN(C)[C@H](c4ccccc4C)[C@@H]3C2)nc1. The highest BCUT2D eigenvalue weighted by Gasteiger charge is 2.46. The van der Waals surface area contributed by atoms with Crippen molar-refractivity contribution < 1.29 is 9.53 Å². The van der Waals surface area contributed by atoms with Crippen molar-refractivity contribution in [1.82, 2.24) is 9.88 Å². The van der Waals surface area contributed by atoms with Crippen LogP contribution in [0.1, 0.15) is 27.5 Å². The number of aryl methyl sites for hydroxylation is 1. The summed E-state index contributed by atoms with van der Waals surface area (Å²) < 4.78 is 4.75. The molecule has 0 N–H and O–H groups in total. The second kappa shape index (κ2) is 6.72. The Bertz CT molecular complexity index is 805. The van der Waals surface area contributed by atoms with E-state index in [0.29, 0.717) is 23.4 Å². The van der Waals surface area contributed by atoms with Gasteiger partial charge in [0.1, 0.15) is 5.82 Å². The summed E-state index contributed by atoms with van der Waals surface area (Å²) in [6.45, 7) is 5.33. The van der Waals surface area contributed by atoms with Gasteiger partial charge in [0, 0.05) is 37.8 Å². The van der Waals surface area contributed by atoms with E-state index in [-0.39, 0.29) is 5.97 Å². The van der Waals surface area contributed by atoms with Gasteiger partial charge in [-0.3, -0.25) is 4.90 Å². The number of carbonyl (C=O) groups is 1. The standard InChI is InChI=1S/C21H25N3O2/c1-14-6-4-5-7-17(14)20-18-13-24(12-16(18)11-23(20)2)19-9-8-15(10-22-19)21(25)26-3/h4-10,16,18,20H,11-13H2,1-3H3/t16-,18+,20+/m0/s1. The fourth-order valence-electron chi connectivity index (χ4n) is 4.64. The molecule has 1 aromatic heterocycles. The zero-order chi connectivity index (χ0) is 18.3. The highest BCUT2D eigenvalue weighted by atomic mass is 16.5. The quantitative estimate of drug-likeness (QED) is 0.796. The third kappa shape index (κ3) is 2.86. The number of benzene rings is 1. The number of hydrogen-bond donors (Lipinski definition) is 0. The van der Waals surface area contributed by atoms with E-state index in [9.17, 15) is 4.79 Å². The highest BCUT2D eigenvalue weighted by molar-refractivity contribution is 5.89. The summed E-state index contributed by atoms with van der Waals surface area (Å²) >= 11 is 0. The Labute approximate surface area is 154 Å². The molecule has 136 valence electrons. The van der Waals surface area contributed by atoms with Gasteiger partial charge in [-0.15, -0.1) is 0 Å². The molecule has 5 heteroatoms. The number of hydrogen-bond acceptors (Lipinski definition) is 5. The van der Waals surface area contributed by atoms with Crippen molar-refractivity contribution in [3.05, 3.63) is 59.3 Å². The molecule has 2 saturated heterocycles. The number of ether oxygens (including phenoxy) is 1. The Morgan fingerprint density at radius 1 is 1.15 bits per heavy atom. The molecule has 0 radical (unpaired) electrons. The van der Waals surface area contributed by atoms with Crippen LogP contribution in [0.5, 0.6) is 0 Å². The number of likely N-dealkylation sites (tertiary alicyclic amines) is 1. The minimum absolute atomic E-state index is 0.344. The van der Waals surface area contributed by atoms with Crippen LogP contribution in [0.3, 0.4) is 0 Å². The van der Waals surface area contributed by atoms with Gasteiger partial charge in [-0.2, -0.15) is 0 Å². The van der Waals surface area contributed by atoms with Crippen LogP contribution in [0.25, 0.3) is 0 Å². The molecule has 0 amide bonds. The monoisotopic (exact) mass is 351 g/mol. The van der Waals surface area contributed by atoms with Crippen molar-refractivity contribution in [2.75, 3.05) is 38.7 Å². The molecular weight excluding hydrogens is 326 g/mol. The van der Waals surface area contributed by atoms with E-state index >= 15 is 0 Å². The molecule has 1 aromatic carbocycles. The lowest BCUT2D eigenvalue weighted by Gasteiger charge is -2.28. The number of nitrogens with zero attached hydrogens (tertiary/aromatic N) is 3. The van der Waals surface area contributed by atoms with Crippen LogP contribution in [-0.2, 0) is 4.74 Å². The molecule has 5 nitrogen and oxygen atoms in total. The van der Waals surface area contributed by atoms with Gasteiger partial charge in [-0.25, -0.2) is 9.78 Å². The Morgan fingerprint density at radius 3 is 2.65 bits per heavy atom. The molecule has 3 atom stereocenters. The number of methoxy groups -OCH3 is 1. The second-order valence-electron chi connectivity index (χ2n) is 7.47. The maximum absolute atomic E-state index is 11.6. The number of esters is 1. The van der Waals surface area contributed by atoms with E-state index in [1.54, 1.807) is 12.3 Å². The summed E-state index contributed by atoms with van der Waals surface area (Å²) in [6.07, 6.45) is 1.61. The number of fused-ring (bicyclic) bond motifs is 1. The summed E-state index contributed by atoms with van der Waals surface area (Å²) in [5, 5.41) is 0. The van der Waals surface area contributed by atoms with Crippen molar-refractivity contribution >= 4 is 11.8 Å². The lowest BCUT2D eigenvalue weighted by molar-refractivity contribution is 0.0600. The molecule has 2 aromatic rings. The van der Waals surface area contributed by atoms with Gasteiger partial charge in [0.25, 0.3) is 0 Å². The minimum Gasteiger partial charge on any atom is -0.465 e. The van der Waals surface area contributed by atoms with E-state index in [1.807, 2.05) is 6.07 Å². The third-order valence-corrected chi connectivity index (χ3v) is 5.89. The van der Waals surface area contributed by atoms with Crippen LogP contribution in [0, 0.1) is 18.8 Å². The Hall–Kier alpha value is -2.40. The number of rotatable bonds is 3. The maximum Gasteiger partial charge on any atom is 0.339 e. The van der Waals surface area contributed by atoms with Crippen molar-refractivity contribution in [3.8, 4) is 0 Å². The first kappa shape index (κ1) is 17.0. The molecule has 2 aliphatic heterocycles. The molecule has 26 heavy (non-hydrogen) atoms. The first-order valence-corrected chi connectivity index (χ1v) is 9.13. The van der Waals surface area contributed by atoms with Gasteiger partial charge in [0.2, 0.25) is 0 Å². The van der Waals surface area contributed by atoms with Gasteiger partial charge in [0.05, 0.1) is 12.7 Å². The molecule has 0 aliphatic carbocycles. The van der Waals surface area contributed by atoms with Crippen molar-refractivity contribution in [2.24, 2.45) is 11.8 Å². The van der Waals surface area contributed by atoms with Gasteiger partial charge >= 0.3 is 5.97 Å². The van der Waals surface area contributed by atoms with Crippen molar-refractivity contribution in [3.63, 3.8) is 0 Å². The predicted octanol–water partition coefficient (Wildman–Crippen LogP) is 2.92. The normalized spacial score (nSPS) is 25.3. The fraction of sp³-hybridized carbons (Fsp3) is 0.429. The van der Waals surface area contributed by atoms with Crippen molar-refractivity contribution in [2.45, 2.75) is 13.0 Å². The minimum atomic E-state index is -0.344. The van der Waals surface area contributed by atoms with Crippen LogP contribution >= 0.6 is 0 Å². The zero-order valence-corrected chi connectivity index (χ0v) is 15.6. The van der Waals surface area contributed by atoms with E-state index in [0.717, 1.165) is 25.5 Å². The molecule has 0 spiro atoms. The lowest BCUT2D eigenvalue weighted by atomic mass is 9.88. The summed E-state index contributed by atoms with van der Waals surface area (Å²) in [5.41, 5.74) is 3.30. The van der Waals surface area contributed by atoms with Crippen LogP contribution in [0.2, 0.25) is 0 Å². The summed E-state index contributed by atoms with van der Waals surface area (Å²) in [5.74, 6) is 1.84. The van der Waals surface area contributed by atoms with E-state index < -0.39 is 0 Å². The molecule has 0 bridgehead atoms. The number of pyridine rings is 1. The van der Waals surface area contributed by atoms with E-state index in [2.05, 4.69) is 53.0 Å². The molecule has 0 unspecified atom stereocenters. The van der Waals surface area contributed by atoms with Crippen LogP contribution in [-0.4, -0.2) is 49.6 Å². The van der Waals surface area contributed by atoms with Gasteiger partial charge in [-0.1, -0.05) is 24.3 Å². The molecule has 2 fully saturated rings. The summed E-state index contributed by atoms with van der Waals surface area (Å²) in [7, 11) is 3.63. The third-order valence-electron chi connectivity index (χ3n) is 5.89. The molecule has 4 rings (SSSR count). The zero-order valence-electron chi connectivity index (χ0n) is 15.6. The number of aromatic nitrogens is 1. The predicted molar refractivity (Wildman–Crippen MR) is 101 cm³/mol. The lowest BCUT2D eigenvalue weighted by Crippen LogP contribution is -2.29. The molecule has 2 aliphatic rings. The molecular formula is C21H25N3O2. The molecule has 0 saturated carbocycles. The second-order valence-corrected chi connectivity index (χ2v) is 7.47. The number of carbonyl (C=O) groups excluding carboxylic acids is 1. The Morgan fingerprint density at radius 2 is 1.96 bits per heavy atom. The van der Waals surface area contributed by atoms with Crippen LogP contribution in [0.15, 0.2) is 42.6 Å². The average molecular weight is 351 g/mol. The van der Waals surface area contributed by atoms with Gasteiger partial charge < -0.3 is 9.64 Å².